The van der Waals surface area contributed by atoms with Crippen molar-refractivity contribution in [3.8, 4) is 0 Å². The number of carboxylic acids is 4. The third-order valence-electron chi connectivity index (χ3n) is 18.0. The lowest BCUT2D eigenvalue weighted by Gasteiger charge is -2.28. The highest BCUT2D eigenvalue weighted by Crippen LogP contribution is 2.23. The van der Waals surface area contributed by atoms with Crippen LogP contribution in [0.4, 0.5) is 11.6 Å². The molecule has 2 aromatic heterocycles. The number of nitrogens with two attached hydrogens (primary N) is 1. The second-order valence-corrected chi connectivity index (χ2v) is 30.2. The minimum atomic E-state index is -2.27. The SMILES string of the molecule is CCC(=O)OCCSSC[C@@H](NC(=O)[C@H](CCC(=O)NC[C@H](O)[C@@H](O)[C@H](O)[C@H](O)CO)NC(=O)[C@@H](CCC(=O)O)NC(=O)[C@H](CCC(=O)NC[C@H](O)[C@@H](O)[C@H](O)[C@H](O)CO)NC(=O)[C@@H](CCC(=O)O)NC(=O)[C@H](CCC(=O)NC[C@H](O)[C@@H](O)[C@H](O)[C@H](O)CO)NC(=O)CC[C@@H](NC(=O)c1ccc(NCc2cnc3nc(N)[nH]c(=O)c3n2)cc1)C(=O)O)C(=O)O. The Kier molecular flexibility index (Phi) is 48.0. The second kappa shape index (κ2) is 55.4. The molecule has 54 heteroatoms. The van der Waals surface area contributed by atoms with Crippen LogP contribution in [0.3, 0.4) is 0 Å². The molecule has 19 atom stereocenters. The van der Waals surface area contributed by atoms with Crippen molar-refractivity contribution in [1.82, 2.24) is 73.1 Å². The number of rotatable bonds is 61. The van der Waals surface area contributed by atoms with Gasteiger partial charge in [0.25, 0.3) is 11.5 Å². The monoisotopic (exact) mass is 1810 g/mol. The summed E-state index contributed by atoms with van der Waals surface area (Å²) in [4.78, 5) is 228. The molecule has 0 aliphatic rings. The van der Waals surface area contributed by atoms with Crippen molar-refractivity contribution >= 4 is 133 Å². The summed E-state index contributed by atoms with van der Waals surface area (Å²) in [5.74, 6) is -20.9. The second-order valence-electron chi connectivity index (χ2n) is 27.6. The van der Waals surface area contributed by atoms with Gasteiger partial charge in [-0.25, -0.2) is 19.6 Å². The van der Waals surface area contributed by atoms with Gasteiger partial charge in [-0.3, -0.25) is 72.1 Å². The summed E-state index contributed by atoms with van der Waals surface area (Å²) in [6, 6.07) is -9.18. The van der Waals surface area contributed by atoms with Gasteiger partial charge in [0.05, 0.1) is 56.6 Å². The molecular weight excluding hydrogens is 1700 g/mol. The number of anilines is 2. The van der Waals surface area contributed by atoms with E-state index in [0.29, 0.717) is 5.69 Å². The largest absolute Gasteiger partial charge is 0.481 e. The van der Waals surface area contributed by atoms with E-state index < -0.39 is 332 Å². The van der Waals surface area contributed by atoms with Gasteiger partial charge in [0.1, 0.15) is 104 Å². The van der Waals surface area contributed by atoms with Gasteiger partial charge in [-0.05, 0) is 62.8 Å². The summed E-state index contributed by atoms with van der Waals surface area (Å²) in [5, 5.41) is 214. The number of fused-ring (bicyclic) bond motifs is 1. The lowest BCUT2D eigenvalue weighted by atomic mass is 10.0. The quantitative estimate of drug-likeness (QED) is 0.0142. The van der Waals surface area contributed by atoms with Crippen LogP contribution < -0.4 is 69.8 Å². The summed E-state index contributed by atoms with van der Waals surface area (Å²) in [5.41, 5.74) is 5.34. The topological polar surface area (TPSA) is 880 Å². The number of carbonyl (C=O) groups is 15. The maximum Gasteiger partial charge on any atom is 0.327 e. The van der Waals surface area contributed by atoms with Crippen molar-refractivity contribution in [3.05, 3.63) is 52.1 Å². The van der Waals surface area contributed by atoms with Gasteiger partial charge in [-0.15, -0.1) is 0 Å². The van der Waals surface area contributed by atoms with Crippen LogP contribution in [-0.4, -0.2) is 379 Å². The molecule has 0 saturated carbocycles. The van der Waals surface area contributed by atoms with E-state index in [0.717, 1.165) is 21.6 Å². The number of aliphatic hydroxyl groups is 15. The average molecular weight is 1810 g/mol. The predicted octanol–water partition coefficient (Wildman–Crippen LogP) is -13.1. The van der Waals surface area contributed by atoms with Crippen LogP contribution in [-0.2, 0) is 78.4 Å². The molecule has 0 aliphatic carbocycles. The lowest BCUT2D eigenvalue weighted by molar-refractivity contribution is -0.143. The Bertz CT molecular complexity index is 4110. The normalized spacial score (nSPS) is 16.0. The van der Waals surface area contributed by atoms with E-state index in [9.17, 15) is 169 Å². The minimum absolute atomic E-state index is 0.00322. The number of aromatic amines is 1. The van der Waals surface area contributed by atoms with Crippen LogP contribution >= 0.6 is 21.6 Å². The predicted molar refractivity (Wildman–Crippen MR) is 423 cm³/mol. The Morgan fingerprint density at radius 1 is 0.452 bits per heavy atom. The van der Waals surface area contributed by atoms with E-state index in [1.165, 1.54) is 37.4 Å². The van der Waals surface area contributed by atoms with Gasteiger partial charge in [-0.2, -0.15) is 4.98 Å². The van der Waals surface area contributed by atoms with E-state index in [-0.39, 0.29) is 53.7 Å². The number of carbonyl (C=O) groups excluding carboxylic acids is 11. The molecule has 33 N–H and O–H groups in total. The number of aromatic nitrogens is 4. The van der Waals surface area contributed by atoms with Gasteiger partial charge in [-0.1, -0.05) is 28.5 Å². The molecule has 694 valence electrons. The summed E-state index contributed by atoms with van der Waals surface area (Å²) in [7, 11) is 1.86. The van der Waals surface area contributed by atoms with Gasteiger partial charge in [0.15, 0.2) is 11.2 Å². The summed E-state index contributed by atoms with van der Waals surface area (Å²) >= 11 is 0. The average Bonchev–Trinajstić information content (AvgIpc) is 0.807. The number of aliphatic hydroxyl groups excluding tert-OH is 15. The number of nitrogens with one attached hydrogen (secondary N) is 12. The van der Waals surface area contributed by atoms with Gasteiger partial charge in [0.2, 0.25) is 59.1 Å². The maximum absolute atomic E-state index is 14.8. The van der Waals surface area contributed by atoms with Crippen LogP contribution in [0.15, 0.2) is 35.3 Å². The molecule has 3 aromatic rings. The number of hydrogen-bond acceptors (Lipinski definition) is 39. The molecule has 0 unspecified atom stereocenters. The molecule has 124 heavy (non-hydrogen) atoms. The highest BCUT2D eigenvalue weighted by molar-refractivity contribution is 8.76. The van der Waals surface area contributed by atoms with Gasteiger partial charge < -0.3 is 166 Å². The molecule has 2 heterocycles. The zero-order chi connectivity index (χ0) is 93.2. The summed E-state index contributed by atoms with van der Waals surface area (Å²) in [6.07, 6.45) is -35.1. The Labute approximate surface area is 710 Å². The van der Waals surface area contributed by atoms with E-state index in [2.05, 4.69) is 78.4 Å². The molecule has 0 radical (unpaired) electrons. The fraction of sp³-hybridized carbons (Fsp3) is 0.614. The van der Waals surface area contributed by atoms with Crippen molar-refractivity contribution < 1.29 is 174 Å². The molecule has 0 aliphatic heterocycles. The van der Waals surface area contributed by atoms with Gasteiger partial charge in [0, 0.05) is 87.3 Å². The highest BCUT2D eigenvalue weighted by Gasteiger charge is 2.38. The smallest absolute Gasteiger partial charge is 0.327 e. The Morgan fingerprint density at radius 3 is 1.19 bits per heavy atom. The van der Waals surface area contributed by atoms with Gasteiger partial charge >= 0.3 is 29.8 Å². The number of benzene rings is 1. The Morgan fingerprint density at radius 2 is 0.815 bits per heavy atom. The van der Waals surface area contributed by atoms with E-state index in [4.69, 9.17) is 15.6 Å². The van der Waals surface area contributed by atoms with Crippen molar-refractivity contribution in [2.24, 2.45) is 0 Å². The number of ether oxygens (including phenoxy) is 1. The van der Waals surface area contributed by atoms with E-state index in [1.54, 1.807) is 0 Å². The summed E-state index contributed by atoms with van der Waals surface area (Å²) < 4.78 is 4.98. The minimum Gasteiger partial charge on any atom is -0.481 e. The number of amides is 10. The van der Waals surface area contributed by atoms with Crippen molar-refractivity contribution in [3.63, 3.8) is 0 Å². The number of hydrogen-bond donors (Lipinski definition) is 32. The number of nitrogens with zero attached hydrogens (tertiary/aromatic N) is 3. The molecule has 0 fully saturated rings. The molecule has 0 spiro atoms. The molecule has 0 saturated heterocycles. The Hall–Kier alpha value is -10.8. The van der Waals surface area contributed by atoms with E-state index >= 15 is 0 Å². The summed E-state index contributed by atoms with van der Waals surface area (Å²) in [6.45, 7) is -4.62. The van der Waals surface area contributed by atoms with Crippen LogP contribution in [0.1, 0.15) is 106 Å². The third-order valence-corrected chi connectivity index (χ3v) is 20.4. The fourth-order valence-electron chi connectivity index (χ4n) is 10.7. The first kappa shape index (κ1) is 107. The Balaban J connectivity index is 2.09. The van der Waals surface area contributed by atoms with Crippen LogP contribution in [0.25, 0.3) is 11.2 Å². The van der Waals surface area contributed by atoms with Crippen LogP contribution in [0, 0.1) is 0 Å². The number of nitrogen functional groups attached to an aromatic ring is 1. The number of carboxylic acid groups (broad SMARTS) is 4. The molecular formula is C70H106N16O36S2. The fourth-order valence-corrected chi connectivity index (χ4v) is 12.7. The highest BCUT2D eigenvalue weighted by atomic mass is 33.1. The standard InChI is InChI=1S/C70H106N16O36S2/c1-2-52(104)122-19-20-123-124-29-39(69(120)121)84-66(116)35(9-15-48(98)75-25-42(92)56(107)59(110)45(95)28-89)80-65(115)37(12-18-51(102)103)82-63(113)34(8-14-47(97)74-24-41(91)55(106)58(109)44(94)27-88)79-64(114)36(11-17-50(100)101)81-62(112)33(7-13-46(96)73-23-40(90)54(105)57(108)43(93)26-87)78-49(99)16-10-38(68(118)119)83-61(111)30-3-5-31(6-4-30)72-21-32-22-76-60-53(77-32)67(117)86-70(71)85-60/h3-6,22,33-45,54-59,72,87-95,105-110H,2,7-21,23-29H2,1H3,(H,73,96)(H,74,97)(H,75,98)(H,78,99)(H,79,114)(H,80,115)(H,81,112)(H,82,113)(H,83,111)(H,84,116)(H,100,101)(H,102,103)(H,118,119)(H,120,121)(H3,71,76,85,86,117)/t33-,34-,35-,36+,37+,38+,39+,40-,41-,42-,43+,44+,45+,54+,55+,56+,57+,58+,59+/m0/s1. The number of aliphatic carboxylic acids is 4. The van der Waals surface area contributed by atoms with Crippen molar-refractivity contribution in [2.45, 2.75) is 212 Å². The van der Waals surface area contributed by atoms with Crippen molar-refractivity contribution in [1.29, 1.82) is 0 Å². The first-order valence-electron chi connectivity index (χ1n) is 38.0. The molecule has 1 aromatic carbocycles. The molecule has 52 nitrogen and oxygen atoms in total. The lowest BCUT2D eigenvalue weighted by Crippen LogP contribution is -2.60. The number of H-pyrrole nitrogens is 1. The van der Waals surface area contributed by atoms with E-state index in [1.807, 2.05) is 0 Å². The molecule has 0 bridgehead atoms. The number of esters is 1. The maximum atomic E-state index is 14.8. The van der Waals surface area contributed by atoms with Crippen molar-refractivity contribution in [2.75, 3.05) is 68.6 Å². The zero-order valence-corrected chi connectivity index (χ0v) is 67.9. The van der Waals surface area contributed by atoms with Crippen LogP contribution in [0.5, 0.6) is 0 Å². The molecule has 10 amide bonds. The molecule has 3 rings (SSSR count). The zero-order valence-electron chi connectivity index (χ0n) is 66.3. The first-order chi connectivity index (χ1) is 58.4. The van der Waals surface area contributed by atoms with Crippen LogP contribution in [0.2, 0.25) is 0 Å². The first-order valence-corrected chi connectivity index (χ1v) is 40.5. The third kappa shape index (κ3) is 38.5.